The van der Waals surface area contributed by atoms with Crippen molar-refractivity contribution in [3.05, 3.63) is 102 Å². The minimum absolute atomic E-state index is 0.646. The molecular weight excluding hydrogens is 346 g/mol. The minimum atomic E-state index is 0.646. The number of rotatable bonds is 7. The van der Waals surface area contributed by atoms with E-state index >= 15 is 0 Å². The zero-order chi connectivity index (χ0) is 19.2. The molecule has 0 spiro atoms. The van der Waals surface area contributed by atoms with Crippen LogP contribution in [0, 0.1) is 6.92 Å². The Labute approximate surface area is 165 Å². The van der Waals surface area contributed by atoms with Crippen molar-refractivity contribution in [1.82, 2.24) is 25.3 Å². The normalized spacial score (nSPS) is 10.9. The minimum Gasteiger partial charge on any atom is -0.307 e. The molecule has 4 rings (SSSR count). The molecule has 0 bridgehead atoms. The Balaban J connectivity index is 1.56. The third-order valence-corrected chi connectivity index (χ3v) is 4.69. The fraction of sp³-hybridized carbons (Fsp3) is 0.174. The number of pyridine rings is 1. The Bertz CT molecular complexity index is 1030. The number of benzene rings is 2. The second kappa shape index (κ2) is 8.59. The van der Waals surface area contributed by atoms with Crippen LogP contribution in [0.5, 0.6) is 0 Å². The number of hydrogen-bond donors (Lipinski definition) is 1. The van der Waals surface area contributed by atoms with Gasteiger partial charge in [0.1, 0.15) is 11.4 Å². The maximum absolute atomic E-state index is 4.80. The zero-order valence-corrected chi connectivity index (χ0v) is 15.9. The molecule has 0 aliphatic rings. The average molecular weight is 369 g/mol. The molecule has 0 unspecified atom stereocenters. The summed E-state index contributed by atoms with van der Waals surface area (Å²) in [6.45, 7) is 4.17. The average Bonchev–Trinajstić information content (AvgIpc) is 3.14. The first-order valence-corrected chi connectivity index (χ1v) is 9.43. The molecule has 5 nitrogen and oxygen atoms in total. The highest BCUT2D eigenvalue weighted by atomic mass is 15.5. The molecule has 4 aromatic rings. The van der Waals surface area contributed by atoms with Crippen LogP contribution in [0.4, 0.5) is 0 Å². The summed E-state index contributed by atoms with van der Waals surface area (Å²) >= 11 is 0. The van der Waals surface area contributed by atoms with Gasteiger partial charge in [-0.05, 0) is 29.7 Å². The van der Waals surface area contributed by atoms with E-state index < -0.39 is 0 Å². The van der Waals surface area contributed by atoms with E-state index in [1.165, 1.54) is 11.1 Å². The van der Waals surface area contributed by atoms with E-state index in [2.05, 4.69) is 59.7 Å². The molecule has 0 amide bonds. The lowest BCUT2D eigenvalue weighted by atomic mass is 10.1. The van der Waals surface area contributed by atoms with Crippen molar-refractivity contribution in [2.24, 2.45) is 0 Å². The van der Waals surface area contributed by atoms with Gasteiger partial charge < -0.3 is 5.32 Å². The van der Waals surface area contributed by atoms with E-state index in [0.29, 0.717) is 13.1 Å². The van der Waals surface area contributed by atoms with E-state index in [1.807, 2.05) is 30.5 Å². The monoisotopic (exact) mass is 369 g/mol. The topological polar surface area (TPSA) is 55.6 Å². The van der Waals surface area contributed by atoms with Crippen molar-refractivity contribution < 1.29 is 0 Å². The largest absolute Gasteiger partial charge is 0.307 e. The van der Waals surface area contributed by atoms with E-state index in [-0.39, 0.29) is 0 Å². The van der Waals surface area contributed by atoms with Crippen molar-refractivity contribution in [3.63, 3.8) is 0 Å². The summed E-state index contributed by atoms with van der Waals surface area (Å²) < 4.78 is 0. The fourth-order valence-electron chi connectivity index (χ4n) is 3.16. The van der Waals surface area contributed by atoms with Gasteiger partial charge in [0, 0.05) is 31.0 Å². The molecule has 0 atom stereocenters. The molecule has 1 N–H and O–H groups in total. The van der Waals surface area contributed by atoms with Crippen molar-refractivity contribution in [2.45, 2.75) is 26.6 Å². The van der Waals surface area contributed by atoms with E-state index in [4.69, 9.17) is 10.2 Å². The molecule has 0 aliphatic carbocycles. The molecule has 0 fully saturated rings. The molecule has 0 saturated carbocycles. The molecule has 0 saturated heterocycles. The number of nitrogens with zero attached hydrogens (tertiary/aromatic N) is 4. The molecule has 0 radical (unpaired) electrons. The summed E-state index contributed by atoms with van der Waals surface area (Å²) in [6.07, 6.45) is 3.66. The molecule has 2 heterocycles. The van der Waals surface area contributed by atoms with Crippen molar-refractivity contribution >= 4 is 0 Å². The molecule has 140 valence electrons. The van der Waals surface area contributed by atoms with Gasteiger partial charge in [-0.3, -0.25) is 4.98 Å². The first kappa shape index (κ1) is 18.1. The Hall–Kier alpha value is -3.31. The van der Waals surface area contributed by atoms with Crippen LogP contribution in [-0.4, -0.2) is 20.0 Å². The second-order valence-corrected chi connectivity index (χ2v) is 6.78. The van der Waals surface area contributed by atoms with Gasteiger partial charge in [-0.2, -0.15) is 15.0 Å². The summed E-state index contributed by atoms with van der Waals surface area (Å²) in [7, 11) is 0. The van der Waals surface area contributed by atoms with Gasteiger partial charge in [0.15, 0.2) is 0 Å². The van der Waals surface area contributed by atoms with Crippen LogP contribution in [0.1, 0.15) is 22.4 Å². The molecule has 28 heavy (non-hydrogen) atoms. The van der Waals surface area contributed by atoms with Crippen LogP contribution in [0.15, 0.2) is 79.1 Å². The van der Waals surface area contributed by atoms with E-state index in [1.54, 1.807) is 11.0 Å². The smallest absolute Gasteiger partial charge is 0.117 e. The lowest BCUT2D eigenvalue weighted by Gasteiger charge is -2.04. The SMILES string of the molecule is Cc1ccccc1Cn1nc(CNCc2cccnc2)c(-c2ccccc2)n1. The first-order chi connectivity index (χ1) is 13.8. The number of nitrogens with one attached hydrogen (secondary N) is 1. The van der Waals surface area contributed by atoms with Crippen LogP contribution in [0.25, 0.3) is 11.3 Å². The van der Waals surface area contributed by atoms with Crippen LogP contribution in [0.3, 0.4) is 0 Å². The van der Waals surface area contributed by atoms with Gasteiger partial charge >= 0.3 is 0 Å². The fourth-order valence-corrected chi connectivity index (χ4v) is 3.16. The van der Waals surface area contributed by atoms with Gasteiger partial charge in [0.05, 0.1) is 6.54 Å². The number of aryl methyl sites for hydroxylation is 1. The molecule has 0 aliphatic heterocycles. The van der Waals surface area contributed by atoms with Crippen molar-refractivity contribution in [3.8, 4) is 11.3 Å². The summed E-state index contributed by atoms with van der Waals surface area (Å²) in [5.41, 5.74) is 6.58. The van der Waals surface area contributed by atoms with Gasteiger partial charge in [-0.25, -0.2) is 0 Å². The predicted molar refractivity (Wildman–Crippen MR) is 111 cm³/mol. The van der Waals surface area contributed by atoms with Gasteiger partial charge in [0.2, 0.25) is 0 Å². The Morgan fingerprint density at radius 3 is 2.46 bits per heavy atom. The maximum Gasteiger partial charge on any atom is 0.117 e. The van der Waals surface area contributed by atoms with Crippen LogP contribution in [0.2, 0.25) is 0 Å². The van der Waals surface area contributed by atoms with Gasteiger partial charge in [-0.15, -0.1) is 0 Å². The quantitative estimate of drug-likeness (QED) is 0.535. The maximum atomic E-state index is 4.80. The van der Waals surface area contributed by atoms with E-state index in [9.17, 15) is 0 Å². The Morgan fingerprint density at radius 1 is 0.857 bits per heavy atom. The van der Waals surface area contributed by atoms with Crippen LogP contribution < -0.4 is 5.32 Å². The zero-order valence-electron chi connectivity index (χ0n) is 15.9. The lowest BCUT2D eigenvalue weighted by Crippen LogP contribution is -2.14. The lowest BCUT2D eigenvalue weighted by molar-refractivity contribution is 0.575. The van der Waals surface area contributed by atoms with E-state index in [0.717, 1.165) is 29.1 Å². The van der Waals surface area contributed by atoms with Crippen LogP contribution >= 0.6 is 0 Å². The highest BCUT2D eigenvalue weighted by Gasteiger charge is 2.13. The third kappa shape index (κ3) is 4.32. The number of aromatic nitrogens is 4. The van der Waals surface area contributed by atoms with Crippen molar-refractivity contribution in [1.29, 1.82) is 0 Å². The Morgan fingerprint density at radius 2 is 1.68 bits per heavy atom. The summed E-state index contributed by atoms with van der Waals surface area (Å²) in [5.74, 6) is 0. The van der Waals surface area contributed by atoms with Gasteiger partial charge in [-0.1, -0.05) is 60.7 Å². The predicted octanol–water partition coefficient (Wildman–Crippen LogP) is 3.99. The molecule has 5 heteroatoms. The molecule has 2 aromatic carbocycles. The number of hydrogen-bond acceptors (Lipinski definition) is 4. The summed E-state index contributed by atoms with van der Waals surface area (Å²) in [6, 6.07) is 22.6. The first-order valence-electron chi connectivity index (χ1n) is 9.43. The third-order valence-electron chi connectivity index (χ3n) is 4.69. The Kier molecular flexibility index (Phi) is 5.54. The highest BCUT2D eigenvalue weighted by Crippen LogP contribution is 2.20. The summed E-state index contributed by atoms with van der Waals surface area (Å²) in [5, 5.41) is 13.0. The van der Waals surface area contributed by atoms with Crippen molar-refractivity contribution in [2.75, 3.05) is 0 Å². The second-order valence-electron chi connectivity index (χ2n) is 6.78. The molecule has 2 aromatic heterocycles. The highest BCUT2D eigenvalue weighted by molar-refractivity contribution is 5.60. The molecular formula is C23H23N5. The summed E-state index contributed by atoms with van der Waals surface area (Å²) in [4.78, 5) is 5.96. The van der Waals surface area contributed by atoms with Crippen LogP contribution in [-0.2, 0) is 19.6 Å². The van der Waals surface area contributed by atoms with Gasteiger partial charge in [0.25, 0.3) is 0 Å². The standard InChI is InChI=1S/C23H23N5/c1-18-8-5-6-12-21(18)17-28-26-22(16-25-15-19-9-7-13-24-14-19)23(27-28)20-10-3-2-4-11-20/h2-14,25H,15-17H2,1H3.